The number of anilines is 1. The van der Waals surface area contributed by atoms with E-state index in [1.165, 1.54) is 72.7 Å². The van der Waals surface area contributed by atoms with Gasteiger partial charge in [-0.15, -0.1) is 0 Å². The fourth-order valence-corrected chi connectivity index (χ4v) is 5.46. The number of sulfonamides is 1. The number of nitrogens with one attached hydrogen (secondary N) is 1. The average Bonchev–Trinajstić information content (AvgIpc) is 2.94. The van der Waals surface area contributed by atoms with Crippen LogP contribution in [-0.4, -0.2) is 50.9 Å². The van der Waals surface area contributed by atoms with E-state index in [1.54, 1.807) is 19.1 Å². The number of carbonyl (C=O) groups is 2. The van der Waals surface area contributed by atoms with Crippen molar-refractivity contribution in [2.45, 2.75) is 50.7 Å². The lowest BCUT2D eigenvalue weighted by Crippen LogP contribution is -2.52. The SMILES string of the molecule is CC[C@@H](C)NC(=O)[C@@H](C)N(Cc1ccc(F)cc1)C(=O)CN(c1cccc(Cl)c1)S(=O)(=O)c1ccc(OC)cc1. The molecule has 0 unspecified atom stereocenters. The van der Waals surface area contributed by atoms with Crippen molar-refractivity contribution in [2.75, 3.05) is 18.0 Å². The van der Waals surface area contributed by atoms with Gasteiger partial charge in [-0.05, 0) is 80.4 Å². The monoisotopic (exact) mass is 589 g/mol. The Balaban J connectivity index is 2.02. The summed E-state index contributed by atoms with van der Waals surface area (Å²) in [7, 11) is -2.78. The number of benzene rings is 3. The number of hydrogen-bond acceptors (Lipinski definition) is 5. The van der Waals surface area contributed by atoms with Gasteiger partial charge in [-0.25, -0.2) is 12.8 Å². The number of hydrogen-bond donors (Lipinski definition) is 1. The molecule has 0 aromatic heterocycles. The van der Waals surface area contributed by atoms with Crippen LogP contribution in [0.2, 0.25) is 5.02 Å². The quantitative estimate of drug-likeness (QED) is 0.320. The molecule has 214 valence electrons. The first-order valence-corrected chi connectivity index (χ1v) is 14.5. The van der Waals surface area contributed by atoms with Gasteiger partial charge in [0.2, 0.25) is 11.8 Å². The summed E-state index contributed by atoms with van der Waals surface area (Å²) in [5.74, 6) is -0.997. The molecule has 0 fully saturated rings. The minimum absolute atomic E-state index is 0.0415. The maximum absolute atomic E-state index is 13.9. The van der Waals surface area contributed by atoms with Gasteiger partial charge in [0.05, 0.1) is 17.7 Å². The summed E-state index contributed by atoms with van der Waals surface area (Å²) in [6.45, 7) is 4.68. The highest BCUT2D eigenvalue weighted by atomic mass is 35.5. The largest absolute Gasteiger partial charge is 0.497 e. The molecular formula is C29H33ClFN3O5S. The minimum atomic E-state index is -4.25. The summed E-state index contributed by atoms with van der Waals surface area (Å²) < 4.78 is 47.3. The highest BCUT2D eigenvalue weighted by Crippen LogP contribution is 2.28. The van der Waals surface area contributed by atoms with Crippen LogP contribution in [0, 0.1) is 5.82 Å². The minimum Gasteiger partial charge on any atom is -0.497 e. The maximum atomic E-state index is 13.9. The summed E-state index contributed by atoms with van der Waals surface area (Å²) in [5, 5.41) is 3.15. The van der Waals surface area contributed by atoms with Gasteiger partial charge in [-0.2, -0.15) is 0 Å². The van der Waals surface area contributed by atoms with Crippen molar-refractivity contribution in [1.29, 1.82) is 0 Å². The lowest BCUT2D eigenvalue weighted by atomic mass is 10.1. The smallest absolute Gasteiger partial charge is 0.264 e. The molecule has 0 saturated carbocycles. The van der Waals surface area contributed by atoms with E-state index < -0.39 is 40.2 Å². The van der Waals surface area contributed by atoms with E-state index in [4.69, 9.17) is 16.3 Å². The Morgan fingerprint density at radius 3 is 2.25 bits per heavy atom. The molecule has 8 nitrogen and oxygen atoms in total. The molecule has 2 atom stereocenters. The van der Waals surface area contributed by atoms with E-state index in [-0.39, 0.29) is 28.2 Å². The van der Waals surface area contributed by atoms with Crippen molar-refractivity contribution in [3.8, 4) is 5.75 Å². The zero-order chi connectivity index (χ0) is 29.4. The molecule has 40 heavy (non-hydrogen) atoms. The molecule has 0 heterocycles. The van der Waals surface area contributed by atoms with Crippen LogP contribution in [0.3, 0.4) is 0 Å². The number of methoxy groups -OCH3 is 1. The zero-order valence-electron chi connectivity index (χ0n) is 22.8. The second-order valence-electron chi connectivity index (χ2n) is 9.31. The van der Waals surface area contributed by atoms with Crippen LogP contribution < -0.4 is 14.4 Å². The molecule has 3 aromatic carbocycles. The number of amides is 2. The van der Waals surface area contributed by atoms with Crippen LogP contribution in [0.1, 0.15) is 32.8 Å². The van der Waals surface area contributed by atoms with E-state index in [2.05, 4.69) is 5.32 Å². The topological polar surface area (TPSA) is 96.0 Å². The predicted molar refractivity (Wildman–Crippen MR) is 153 cm³/mol. The molecule has 0 saturated heterocycles. The van der Waals surface area contributed by atoms with Gasteiger partial charge in [0, 0.05) is 17.6 Å². The first kappa shape index (κ1) is 30.9. The predicted octanol–water partition coefficient (Wildman–Crippen LogP) is 5.02. The van der Waals surface area contributed by atoms with E-state index in [0.29, 0.717) is 17.7 Å². The zero-order valence-corrected chi connectivity index (χ0v) is 24.4. The molecule has 3 rings (SSSR count). The Morgan fingerprint density at radius 2 is 1.68 bits per heavy atom. The standard InChI is InChI=1S/C29H33ClFN3O5S/c1-5-20(2)32-29(36)21(3)33(18-22-9-11-24(31)12-10-22)28(35)19-34(25-8-6-7-23(30)17-25)40(37,38)27-15-13-26(39-4)14-16-27/h6-17,20-21H,5,18-19H2,1-4H3,(H,32,36)/t20-,21-/m1/s1. The van der Waals surface area contributed by atoms with Crippen LogP contribution in [0.4, 0.5) is 10.1 Å². The van der Waals surface area contributed by atoms with Gasteiger partial charge in [-0.1, -0.05) is 36.7 Å². The van der Waals surface area contributed by atoms with Crippen molar-refractivity contribution in [2.24, 2.45) is 0 Å². The van der Waals surface area contributed by atoms with Crippen molar-refractivity contribution >= 4 is 39.1 Å². The van der Waals surface area contributed by atoms with Gasteiger partial charge >= 0.3 is 0 Å². The average molecular weight is 590 g/mol. The molecule has 0 spiro atoms. The number of nitrogens with zero attached hydrogens (tertiary/aromatic N) is 2. The molecule has 0 aliphatic carbocycles. The number of rotatable bonds is 12. The summed E-state index contributed by atoms with van der Waals surface area (Å²) in [6.07, 6.45) is 0.688. The van der Waals surface area contributed by atoms with Gasteiger partial charge in [-0.3, -0.25) is 13.9 Å². The number of carbonyl (C=O) groups excluding carboxylic acids is 2. The second-order valence-corrected chi connectivity index (χ2v) is 11.6. The van der Waals surface area contributed by atoms with Gasteiger partial charge in [0.1, 0.15) is 24.2 Å². The summed E-state index contributed by atoms with van der Waals surface area (Å²) in [6, 6.07) is 16.4. The first-order chi connectivity index (χ1) is 19.0. The maximum Gasteiger partial charge on any atom is 0.264 e. The van der Waals surface area contributed by atoms with Gasteiger partial charge < -0.3 is 15.0 Å². The number of halogens is 2. The van der Waals surface area contributed by atoms with Gasteiger partial charge in [0.15, 0.2) is 0 Å². The van der Waals surface area contributed by atoms with Crippen molar-refractivity contribution in [1.82, 2.24) is 10.2 Å². The molecule has 11 heteroatoms. The van der Waals surface area contributed by atoms with Crippen molar-refractivity contribution in [3.05, 3.63) is 89.2 Å². The number of ether oxygens (including phenoxy) is 1. The lowest BCUT2D eigenvalue weighted by Gasteiger charge is -2.32. The third-order valence-corrected chi connectivity index (χ3v) is 8.48. The van der Waals surface area contributed by atoms with Crippen LogP contribution in [0.15, 0.2) is 77.7 Å². The molecular weight excluding hydrogens is 557 g/mol. The fourth-order valence-electron chi connectivity index (χ4n) is 3.87. The Bertz CT molecular complexity index is 1420. The molecule has 1 N–H and O–H groups in total. The molecule has 2 amide bonds. The van der Waals surface area contributed by atoms with Gasteiger partial charge in [0.25, 0.3) is 10.0 Å². The van der Waals surface area contributed by atoms with Crippen LogP contribution >= 0.6 is 11.6 Å². The molecule has 3 aromatic rings. The third-order valence-electron chi connectivity index (χ3n) is 6.46. The molecule has 0 aliphatic heterocycles. The second kappa shape index (κ2) is 13.6. The van der Waals surface area contributed by atoms with Crippen LogP contribution in [0.5, 0.6) is 5.75 Å². The van der Waals surface area contributed by atoms with Crippen molar-refractivity contribution < 1.29 is 27.1 Å². The van der Waals surface area contributed by atoms with E-state index >= 15 is 0 Å². The lowest BCUT2D eigenvalue weighted by molar-refractivity contribution is -0.139. The Labute approximate surface area is 239 Å². The first-order valence-electron chi connectivity index (χ1n) is 12.7. The fraction of sp³-hybridized carbons (Fsp3) is 0.310. The van der Waals surface area contributed by atoms with Crippen LogP contribution in [0.25, 0.3) is 0 Å². The molecule has 0 bridgehead atoms. The Morgan fingerprint density at radius 1 is 1.02 bits per heavy atom. The van der Waals surface area contributed by atoms with E-state index in [9.17, 15) is 22.4 Å². The summed E-state index contributed by atoms with van der Waals surface area (Å²) >= 11 is 6.18. The Hall–Kier alpha value is -3.63. The van der Waals surface area contributed by atoms with E-state index in [0.717, 1.165) is 4.31 Å². The molecule has 0 radical (unpaired) electrons. The highest BCUT2D eigenvalue weighted by Gasteiger charge is 2.33. The van der Waals surface area contributed by atoms with E-state index in [1.807, 2.05) is 13.8 Å². The third kappa shape index (κ3) is 7.73. The van der Waals surface area contributed by atoms with Crippen LogP contribution in [-0.2, 0) is 26.2 Å². The Kier molecular flexibility index (Phi) is 10.5. The molecule has 0 aliphatic rings. The highest BCUT2D eigenvalue weighted by molar-refractivity contribution is 7.92. The summed E-state index contributed by atoms with van der Waals surface area (Å²) in [5.41, 5.74) is 0.750. The normalized spacial score (nSPS) is 12.8. The van der Waals surface area contributed by atoms with Crippen molar-refractivity contribution in [3.63, 3.8) is 0 Å². The summed E-state index contributed by atoms with van der Waals surface area (Å²) in [4.78, 5) is 28.2.